The number of ether oxygens (including phenoxy) is 1. The molecule has 4 heteroatoms. The number of carbonyl (C=O) groups is 1. The van der Waals surface area contributed by atoms with Crippen LogP contribution in [0.15, 0.2) is 24.3 Å². The molecule has 1 aromatic carbocycles. The van der Waals surface area contributed by atoms with Gasteiger partial charge in [0, 0.05) is 18.4 Å². The molecule has 0 aromatic heterocycles. The van der Waals surface area contributed by atoms with Gasteiger partial charge in [0.2, 0.25) is 5.91 Å². The number of amides is 1. The van der Waals surface area contributed by atoms with Crippen LogP contribution in [0.4, 0.5) is 5.69 Å². The normalized spacial score (nSPS) is 9.86. The van der Waals surface area contributed by atoms with Crippen molar-refractivity contribution in [2.24, 2.45) is 0 Å². The van der Waals surface area contributed by atoms with Crippen LogP contribution < -0.4 is 5.32 Å². The van der Waals surface area contributed by atoms with Crippen LogP contribution in [0.1, 0.15) is 5.56 Å². The van der Waals surface area contributed by atoms with Gasteiger partial charge in [-0.2, -0.15) is 12.6 Å². The van der Waals surface area contributed by atoms with E-state index in [1.165, 1.54) is 0 Å². The molecule has 1 rings (SSSR count). The molecular weight excluding hydrogens is 198 g/mol. The maximum absolute atomic E-state index is 11.1. The van der Waals surface area contributed by atoms with Crippen LogP contribution in [0.25, 0.3) is 0 Å². The minimum absolute atomic E-state index is 0.114. The van der Waals surface area contributed by atoms with Crippen molar-refractivity contribution in [2.75, 3.05) is 18.2 Å². The summed E-state index contributed by atoms with van der Waals surface area (Å²) in [7, 11) is 1.62. The third-order valence-corrected chi connectivity index (χ3v) is 2.02. The number of hydrogen-bond acceptors (Lipinski definition) is 3. The van der Waals surface area contributed by atoms with Gasteiger partial charge in [-0.3, -0.25) is 4.79 Å². The lowest BCUT2D eigenvalue weighted by atomic mass is 10.2. The van der Waals surface area contributed by atoms with Crippen LogP contribution in [0.2, 0.25) is 0 Å². The number of para-hydroxylation sites is 1. The lowest BCUT2D eigenvalue weighted by molar-refractivity contribution is -0.113. The van der Waals surface area contributed by atoms with Crippen molar-refractivity contribution in [1.29, 1.82) is 0 Å². The Morgan fingerprint density at radius 2 is 2.21 bits per heavy atom. The average Bonchev–Trinajstić information content (AvgIpc) is 2.21. The van der Waals surface area contributed by atoms with Crippen LogP contribution in [0, 0.1) is 0 Å². The number of thiol groups is 1. The zero-order chi connectivity index (χ0) is 10.4. The molecule has 0 saturated carbocycles. The van der Waals surface area contributed by atoms with Gasteiger partial charge in [-0.05, 0) is 6.07 Å². The molecule has 0 aliphatic rings. The molecular formula is C10H13NO2S. The quantitative estimate of drug-likeness (QED) is 0.744. The molecule has 0 unspecified atom stereocenters. The number of carbonyl (C=O) groups excluding carboxylic acids is 1. The number of hydrogen-bond donors (Lipinski definition) is 2. The van der Waals surface area contributed by atoms with E-state index in [1.807, 2.05) is 24.3 Å². The summed E-state index contributed by atoms with van der Waals surface area (Å²) in [6, 6.07) is 7.53. The molecule has 0 fully saturated rings. The summed E-state index contributed by atoms with van der Waals surface area (Å²) >= 11 is 3.89. The third-order valence-electron chi connectivity index (χ3n) is 1.73. The van der Waals surface area contributed by atoms with Gasteiger partial charge in [-0.25, -0.2) is 0 Å². The first-order valence-corrected chi connectivity index (χ1v) is 4.88. The van der Waals surface area contributed by atoms with Crippen molar-refractivity contribution in [2.45, 2.75) is 6.61 Å². The zero-order valence-corrected chi connectivity index (χ0v) is 8.88. The lowest BCUT2D eigenvalue weighted by Gasteiger charge is -2.08. The Hall–Kier alpha value is -1.000. The summed E-state index contributed by atoms with van der Waals surface area (Å²) < 4.78 is 5.01. The summed E-state index contributed by atoms with van der Waals surface area (Å²) in [6.45, 7) is 0.489. The van der Waals surface area contributed by atoms with Crippen molar-refractivity contribution in [3.05, 3.63) is 29.8 Å². The fraction of sp³-hybridized carbons (Fsp3) is 0.300. The molecule has 0 saturated heterocycles. The molecule has 14 heavy (non-hydrogen) atoms. The molecule has 1 amide bonds. The third kappa shape index (κ3) is 3.05. The summed E-state index contributed by atoms with van der Waals surface area (Å²) in [5.74, 6) is 0.0679. The number of benzene rings is 1. The fourth-order valence-electron chi connectivity index (χ4n) is 1.11. The molecule has 0 heterocycles. The van der Waals surface area contributed by atoms with Crippen LogP contribution in [0.5, 0.6) is 0 Å². The molecule has 1 aromatic rings. The summed E-state index contributed by atoms with van der Waals surface area (Å²) in [5.41, 5.74) is 1.75. The fourth-order valence-corrected chi connectivity index (χ4v) is 1.19. The average molecular weight is 211 g/mol. The highest BCUT2D eigenvalue weighted by molar-refractivity contribution is 7.81. The molecule has 0 aliphatic carbocycles. The van der Waals surface area contributed by atoms with Gasteiger partial charge >= 0.3 is 0 Å². The van der Waals surface area contributed by atoms with E-state index >= 15 is 0 Å². The van der Waals surface area contributed by atoms with Gasteiger partial charge < -0.3 is 10.1 Å². The Morgan fingerprint density at radius 3 is 2.86 bits per heavy atom. The highest BCUT2D eigenvalue weighted by atomic mass is 32.1. The van der Waals surface area contributed by atoms with Crippen LogP contribution in [-0.4, -0.2) is 18.8 Å². The molecule has 0 radical (unpaired) electrons. The molecule has 0 spiro atoms. The second-order valence-electron chi connectivity index (χ2n) is 2.80. The van der Waals surface area contributed by atoms with Crippen LogP contribution >= 0.6 is 12.6 Å². The largest absolute Gasteiger partial charge is 0.380 e. The van der Waals surface area contributed by atoms with E-state index in [1.54, 1.807) is 7.11 Å². The number of rotatable bonds is 4. The van der Waals surface area contributed by atoms with Gasteiger partial charge in [-0.15, -0.1) is 0 Å². The minimum atomic E-state index is -0.114. The maximum Gasteiger partial charge on any atom is 0.234 e. The van der Waals surface area contributed by atoms with E-state index in [-0.39, 0.29) is 11.7 Å². The Kier molecular flexibility index (Phi) is 4.49. The summed E-state index contributed by atoms with van der Waals surface area (Å²) in [5, 5.41) is 2.75. The van der Waals surface area contributed by atoms with Gasteiger partial charge in [-0.1, -0.05) is 18.2 Å². The number of anilines is 1. The second-order valence-corrected chi connectivity index (χ2v) is 3.11. The van der Waals surface area contributed by atoms with Crippen molar-refractivity contribution in [1.82, 2.24) is 0 Å². The van der Waals surface area contributed by atoms with E-state index < -0.39 is 0 Å². The van der Waals surface area contributed by atoms with Crippen molar-refractivity contribution < 1.29 is 9.53 Å². The highest BCUT2D eigenvalue weighted by Crippen LogP contribution is 2.15. The molecule has 0 aliphatic heterocycles. The Bertz CT molecular complexity index is 315. The molecule has 76 valence electrons. The van der Waals surface area contributed by atoms with E-state index in [0.29, 0.717) is 6.61 Å². The number of methoxy groups -OCH3 is 1. The predicted octanol–water partition coefficient (Wildman–Crippen LogP) is 1.70. The first-order valence-electron chi connectivity index (χ1n) is 4.25. The standard InChI is InChI=1S/C10H13NO2S/c1-13-6-8-4-2-3-5-9(8)11-10(12)7-14/h2-5,14H,6-7H2,1H3,(H,11,12). The minimum Gasteiger partial charge on any atom is -0.380 e. The molecule has 0 atom stereocenters. The van der Waals surface area contributed by atoms with E-state index in [0.717, 1.165) is 11.3 Å². The van der Waals surface area contributed by atoms with Crippen molar-refractivity contribution in [3.63, 3.8) is 0 Å². The zero-order valence-electron chi connectivity index (χ0n) is 7.99. The lowest BCUT2D eigenvalue weighted by Crippen LogP contribution is -2.14. The van der Waals surface area contributed by atoms with E-state index in [4.69, 9.17) is 4.74 Å². The Morgan fingerprint density at radius 1 is 1.50 bits per heavy atom. The molecule has 1 N–H and O–H groups in total. The first-order chi connectivity index (χ1) is 6.77. The van der Waals surface area contributed by atoms with Crippen molar-refractivity contribution in [3.8, 4) is 0 Å². The van der Waals surface area contributed by atoms with E-state index in [9.17, 15) is 4.79 Å². The van der Waals surface area contributed by atoms with Crippen LogP contribution in [0.3, 0.4) is 0 Å². The van der Waals surface area contributed by atoms with E-state index in [2.05, 4.69) is 17.9 Å². The highest BCUT2D eigenvalue weighted by Gasteiger charge is 2.03. The predicted molar refractivity (Wildman–Crippen MR) is 59.6 cm³/mol. The monoisotopic (exact) mass is 211 g/mol. The second kappa shape index (κ2) is 5.67. The molecule has 3 nitrogen and oxygen atoms in total. The molecule has 0 bridgehead atoms. The van der Waals surface area contributed by atoms with Crippen molar-refractivity contribution >= 4 is 24.2 Å². The number of nitrogens with one attached hydrogen (secondary N) is 1. The van der Waals surface area contributed by atoms with Crippen LogP contribution in [-0.2, 0) is 16.1 Å². The summed E-state index contributed by atoms with van der Waals surface area (Å²) in [6.07, 6.45) is 0. The van der Waals surface area contributed by atoms with Gasteiger partial charge in [0.05, 0.1) is 12.4 Å². The SMILES string of the molecule is COCc1ccccc1NC(=O)CS. The van der Waals surface area contributed by atoms with Gasteiger partial charge in [0.25, 0.3) is 0 Å². The Labute approximate surface area is 88.9 Å². The Balaban J connectivity index is 2.78. The topological polar surface area (TPSA) is 38.3 Å². The first kappa shape index (κ1) is 11.1. The van der Waals surface area contributed by atoms with Gasteiger partial charge in [0.1, 0.15) is 0 Å². The maximum atomic E-state index is 11.1. The smallest absolute Gasteiger partial charge is 0.234 e. The summed E-state index contributed by atoms with van der Waals surface area (Å²) in [4.78, 5) is 11.1. The van der Waals surface area contributed by atoms with Gasteiger partial charge in [0.15, 0.2) is 0 Å².